The van der Waals surface area contributed by atoms with Gasteiger partial charge in [-0.3, -0.25) is 9.59 Å². The lowest BCUT2D eigenvalue weighted by Crippen LogP contribution is -2.35. The summed E-state index contributed by atoms with van der Waals surface area (Å²) in [4.78, 5) is 36.0. The summed E-state index contributed by atoms with van der Waals surface area (Å²) in [6, 6.07) is 0. The van der Waals surface area contributed by atoms with Crippen molar-refractivity contribution in [3.63, 3.8) is 0 Å². The summed E-state index contributed by atoms with van der Waals surface area (Å²) in [5.41, 5.74) is 0.905. The number of ether oxygens (including phenoxy) is 1. The van der Waals surface area contributed by atoms with Crippen LogP contribution in [0.4, 0.5) is 0 Å². The molecule has 0 radical (unpaired) electrons. The lowest BCUT2D eigenvalue weighted by atomic mass is 10.2. The normalized spacial score (nSPS) is 18.9. The summed E-state index contributed by atoms with van der Waals surface area (Å²) in [6.45, 7) is 7.26. The monoisotopic (exact) mass is 381 g/mol. The van der Waals surface area contributed by atoms with Gasteiger partial charge in [0.25, 0.3) is 5.56 Å². The van der Waals surface area contributed by atoms with Gasteiger partial charge < -0.3 is 14.6 Å². The van der Waals surface area contributed by atoms with Crippen LogP contribution in [0.25, 0.3) is 10.2 Å². The van der Waals surface area contributed by atoms with Crippen LogP contribution >= 0.6 is 23.1 Å². The van der Waals surface area contributed by atoms with Gasteiger partial charge in [0.1, 0.15) is 10.7 Å². The van der Waals surface area contributed by atoms with Crippen LogP contribution in [0.15, 0.2) is 4.79 Å². The van der Waals surface area contributed by atoms with Gasteiger partial charge in [-0.25, -0.2) is 4.98 Å². The molecule has 1 aliphatic heterocycles. The van der Waals surface area contributed by atoms with Crippen molar-refractivity contribution in [2.45, 2.75) is 44.3 Å². The van der Waals surface area contributed by atoms with Gasteiger partial charge in [-0.05, 0) is 32.8 Å². The second-order valence-electron chi connectivity index (χ2n) is 6.36. The van der Waals surface area contributed by atoms with Gasteiger partial charge >= 0.3 is 0 Å². The predicted molar refractivity (Wildman–Crippen MR) is 102 cm³/mol. The number of amides is 1. The number of rotatable bonds is 5. The van der Waals surface area contributed by atoms with E-state index in [0.29, 0.717) is 23.5 Å². The van der Waals surface area contributed by atoms with Gasteiger partial charge in [0.2, 0.25) is 5.91 Å². The Kier molecular flexibility index (Phi) is 5.50. The van der Waals surface area contributed by atoms with Crippen LogP contribution in [0.3, 0.4) is 0 Å². The molecule has 1 amide bonds. The first-order chi connectivity index (χ1) is 11.9. The zero-order chi connectivity index (χ0) is 18.1. The van der Waals surface area contributed by atoms with E-state index < -0.39 is 0 Å². The lowest BCUT2D eigenvalue weighted by Gasteiger charge is -2.20. The lowest BCUT2D eigenvalue weighted by molar-refractivity contribution is -0.129. The molecule has 2 aromatic heterocycles. The van der Waals surface area contributed by atoms with Crippen LogP contribution in [-0.2, 0) is 15.3 Å². The van der Waals surface area contributed by atoms with Crippen LogP contribution in [0, 0.1) is 13.8 Å². The number of H-pyrrole nitrogens is 1. The Morgan fingerprint density at radius 3 is 2.96 bits per heavy atom. The first-order valence-corrected chi connectivity index (χ1v) is 10.2. The number of thioether (sulfide) groups is 1. The third kappa shape index (κ3) is 3.75. The Balaban J connectivity index is 1.66. The Morgan fingerprint density at radius 2 is 2.28 bits per heavy atom. The fraction of sp³-hybridized carbons (Fsp3) is 0.588. The fourth-order valence-electron chi connectivity index (χ4n) is 3.02. The molecule has 1 fully saturated rings. The molecule has 0 spiro atoms. The number of thiophene rings is 1. The van der Waals surface area contributed by atoms with E-state index in [2.05, 4.69) is 9.97 Å². The summed E-state index contributed by atoms with van der Waals surface area (Å²) >= 11 is 3.04. The van der Waals surface area contributed by atoms with Crippen LogP contribution in [-0.4, -0.2) is 52.3 Å². The molecule has 25 heavy (non-hydrogen) atoms. The average molecular weight is 382 g/mol. The van der Waals surface area contributed by atoms with Crippen molar-refractivity contribution in [2.75, 3.05) is 20.2 Å². The van der Waals surface area contributed by atoms with Crippen LogP contribution in [0.5, 0.6) is 0 Å². The molecular weight excluding hydrogens is 358 g/mol. The van der Waals surface area contributed by atoms with E-state index in [-0.39, 0.29) is 22.8 Å². The molecule has 1 N–H and O–H groups in total. The molecule has 3 rings (SSSR count). The summed E-state index contributed by atoms with van der Waals surface area (Å²) < 4.78 is 5.32. The number of aromatic nitrogens is 2. The van der Waals surface area contributed by atoms with Gasteiger partial charge in [0.15, 0.2) is 0 Å². The number of hydrogen-bond donors (Lipinski definition) is 1. The number of likely N-dealkylation sites (tertiary alicyclic amines) is 1. The largest absolute Gasteiger partial charge is 0.380 e. The zero-order valence-corrected chi connectivity index (χ0v) is 16.6. The number of nitrogens with one attached hydrogen (secondary N) is 1. The second kappa shape index (κ2) is 7.47. The van der Waals surface area contributed by atoms with Crippen molar-refractivity contribution in [3.05, 3.63) is 26.6 Å². The van der Waals surface area contributed by atoms with Gasteiger partial charge in [-0.2, -0.15) is 0 Å². The maximum Gasteiger partial charge on any atom is 0.259 e. The minimum absolute atomic E-state index is 0.0936. The average Bonchev–Trinajstić information content (AvgIpc) is 3.17. The van der Waals surface area contributed by atoms with E-state index in [9.17, 15) is 9.59 Å². The highest BCUT2D eigenvalue weighted by molar-refractivity contribution is 7.99. The Labute approximate surface area is 155 Å². The van der Waals surface area contributed by atoms with Gasteiger partial charge in [-0.1, -0.05) is 0 Å². The van der Waals surface area contributed by atoms with Crippen molar-refractivity contribution in [1.29, 1.82) is 0 Å². The Morgan fingerprint density at radius 1 is 1.52 bits per heavy atom. The number of carbonyl (C=O) groups excluding carboxylic acids is 1. The van der Waals surface area contributed by atoms with Crippen molar-refractivity contribution in [3.8, 4) is 0 Å². The van der Waals surface area contributed by atoms with Crippen LogP contribution < -0.4 is 5.56 Å². The molecule has 0 aliphatic carbocycles. The summed E-state index contributed by atoms with van der Waals surface area (Å²) in [7, 11) is 1.68. The third-order valence-electron chi connectivity index (χ3n) is 4.70. The number of carbonyl (C=O) groups is 1. The molecule has 0 saturated carbocycles. The van der Waals surface area contributed by atoms with Crippen molar-refractivity contribution in [1.82, 2.24) is 14.9 Å². The number of aromatic amines is 1. The second-order valence-corrected chi connectivity index (χ2v) is 8.89. The molecule has 1 aliphatic rings. The van der Waals surface area contributed by atoms with Gasteiger partial charge in [-0.15, -0.1) is 23.1 Å². The van der Waals surface area contributed by atoms with E-state index in [0.717, 1.165) is 28.2 Å². The standard InChI is InChI=1S/C17H23N3O3S2/c1-9-10(2)25-16-14(9)15(21)18-13(19-16)8-24-11(3)17(22)20-6-5-12(7-20)23-4/h11-12H,5-8H2,1-4H3,(H,18,19,21)/t11?,12-/m0/s1. The number of methoxy groups -OCH3 is 1. The number of nitrogens with zero attached hydrogens (tertiary/aromatic N) is 2. The highest BCUT2D eigenvalue weighted by Crippen LogP contribution is 2.27. The van der Waals surface area contributed by atoms with E-state index in [4.69, 9.17) is 4.74 Å². The Bertz CT molecular complexity index is 846. The maximum atomic E-state index is 12.5. The van der Waals surface area contributed by atoms with Crippen LogP contribution in [0.1, 0.15) is 29.6 Å². The van der Waals surface area contributed by atoms with Gasteiger partial charge in [0.05, 0.1) is 22.5 Å². The summed E-state index contributed by atoms with van der Waals surface area (Å²) in [5.74, 6) is 1.26. The van der Waals surface area contributed by atoms with E-state index in [1.54, 1.807) is 18.4 Å². The molecule has 2 atom stereocenters. The minimum Gasteiger partial charge on any atom is -0.380 e. The molecule has 136 valence electrons. The number of fused-ring (bicyclic) bond motifs is 1. The number of aryl methyl sites for hydroxylation is 2. The highest BCUT2D eigenvalue weighted by atomic mass is 32.2. The first-order valence-electron chi connectivity index (χ1n) is 8.32. The predicted octanol–water partition coefficient (Wildman–Crippen LogP) is 2.47. The molecule has 1 unspecified atom stereocenters. The minimum atomic E-state index is -0.177. The molecular formula is C17H23N3O3S2. The molecule has 8 heteroatoms. The summed E-state index contributed by atoms with van der Waals surface area (Å²) in [6.07, 6.45) is 1.04. The maximum absolute atomic E-state index is 12.5. The van der Waals surface area contributed by atoms with Crippen LogP contribution in [0.2, 0.25) is 0 Å². The molecule has 2 aromatic rings. The topological polar surface area (TPSA) is 75.3 Å². The molecule has 0 aromatic carbocycles. The van der Waals surface area contributed by atoms with Gasteiger partial charge in [0, 0.05) is 25.1 Å². The molecule has 6 nitrogen and oxygen atoms in total. The summed E-state index contributed by atoms with van der Waals surface area (Å²) in [5, 5.41) is 0.506. The van der Waals surface area contributed by atoms with Crippen molar-refractivity contribution >= 4 is 39.2 Å². The zero-order valence-electron chi connectivity index (χ0n) is 14.9. The molecule has 3 heterocycles. The fourth-order valence-corrected chi connectivity index (χ4v) is 4.91. The number of hydrogen-bond acceptors (Lipinski definition) is 6. The molecule has 0 bridgehead atoms. The van der Waals surface area contributed by atoms with E-state index >= 15 is 0 Å². The quantitative estimate of drug-likeness (QED) is 0.861. The molecule has 1 saturated heterocycles. The smallest absolute Gasteiger partial charge is 0.259 e. The van der Waals surface area contributed by atoms with Crippen molar-refractivity contribution < 1.29 is 9.53 Å². The van der Waals surface area contributed by atoms with Crippen molar-refractivity contribution in [2.24, 2.45) is 0 Å². The van der Waals surface area contributed by atoms with E-state index in [1.807, 2.05) is 25.7 Å². The Hall–Kier alpha value is -1.38. The highest BCUT2D eigenvalue weighted by Gasteiger charge is 2.29. The first kappa shape index (κ1) is 18.4. The SMILES string of the molecule is CO[C@H]1CCN(C(=O)C(C)SCc2nc3sc(C)c(C)c3c(=O)[nH]2)C1. The van der Waals surface area contributed by atoms with E-state index in [1.165, 1.54) is 11.8 Å². The third-order valence-corrected chi connectivity index (χ3v) is 6.94.